The molecule has 0 spiro atoms. The first-order chi connectivity index (χ1) is 11.8. The predicted octanol–water partition coefficient (Wildman–Crippen LogP) is 2.41. The van der Waals surface area contributed by atoms with Gasteiger partial charge in [0.2, 0.25) is 0 Å². The van der Waals surface area contributed by atoms with Gasteiger partial charge in [0.05, 0.1) is 6.61 Å². The van der Waals surface area contributed by atoms with Crippen molar-refractivity contribution in [2.45, 2.75) is 31.4 Å². The van der Waals surface area contributed by atoms with Crippen molar-refractivity contribution in [3.05, 3.63) is 30.5 Å². The van der Waals surface area contributed by atoms with E-state index in [1.54, 1.807) is 0 Å². The van der Waals surface area contributed by atoms with Gasteiger partial charge in [-0.1, -0.05) is 6.07 Å². The summed E-state index contributed by atoms with van der Waals surface area (Å²) in [6.45, 7) is 3.80. The third-order valence-corrected chi connectivity index (χ3v) is 5.01. The van der Waals surface area contributed by atoms with Gasteiger partial charge in [0.1, 0.15) is 18.5 Å². The summed E-state index contributed by atoms with van der Waals surface area (Å²) in [5, 5.41) is 11.5. The minimum absolute atomic E-state index is 0.328. The molecule has 1 aliphatic heterocycles. The molecule has 5 nitrogen and oxygen atoms in total. The fourth-order valence-corrected chi connectivity index (χ4v) is 3.56. The maximum Gasteiger partial charge on any atom is 0.128 e. The lowest BCUT2D eigenvalue weighted by Crippen LogP contribution is -2.40. The number of aliphatic hydroxyl groups excluding tert-OH is 1. The zero-order chi connectivity index (χ0) is 16.4. The molecule has 130 valence electrons. The smallest absolute Gasteiger partial charge is 0.128 e. The van der Waals surface area contributed by atoms with Crippen LogP contribution in [0.2, 0.25) is 0 Å². The average molecular weight is 330 g/mol. The summed E-state index contributed by atoms with van der Waals surface area (Å²) in [6.07, 6.45) is 5.09. The van der Waals surface area contributed by atoms with E-state index in [1.807, 2.05) is 30.5 Å². The van der Waals surface area contributed by atoms with Gasteiger partial charge < -0.3 is 19.6 Å². The molecule has 1 aliphatic carbocycles. The molecule has 2 aliphatic rings. The summed E-state index contributed by atoms with van der Waals surface area (Å²) in [6, 6.07) is 8.60. The van der Waals surface area contributed by atoms with Crippen LogP contribution < -0.4 is 4.74 Å². The van der Waals surface area contributed by atoms with Crippen molar-refractivity contribution >= 4 is 10.9 Å². The minimum atomic E-state index is -0.470. The van der Waals surface area contributed by atoms with Gasteiger partial charge in [-0.05, 0) is 43.4 Å². The second-order valence-corrected chi connectivity index (χ2v) is 7.07. The topological polar surface area (TPSA) is 57.7 Å². The maximum atomic E-state index is 10.4. The van der Waals surface area contributed by atoms with Crippen molar-refractivity contribution in [1.82, 2.24) is 9.88 Å². The van der Waals surface area contributed by atoms with E-state index < -0.39 is 6.10 Å². The van der Waals surface area contributed by atoms with E-state index in [1.165, 1.54) is 12.8 Å². The highest BCUT2D eigenvalue weighted by atomic mass is 16.5. The van der Waals surface area contributed by atoms with Crippen LogP contribution in [0.5, 0.6) is 5.75 Å². The van der Waals surface area contributed by atoms with Gasteiger partial charge in [0.25, 0.3) is 0 Å². The Morgan fingerprint density at radius 1 is 1.29 bits per heavy atom. The minimum Gasteiger partial charge on any atom is -0.490 e. The second-order valence-electron chi connectivity index (χ2n) is 7.07. The summed E-state index contributed by atoms with van der Waals surface area (Å²) in [4.78, 5) is 5.62. The Hall–Kier alpha value is -1.56. The molecule has 1 saturated carbocycles. The van der Waals surface area contributed by atoms with Crippen molar-refractivity contribution in [2.24, 2.45) is 5.92 Å². The molecule has 5 heteroatoms. The molecule has 2 fully saturated rings. The first-order valence-electron chi connectivity index (χ1n) is 8.98. The number of aromatic nitrogens is 1. The quantitative estimate of drug-likeness (QED) is 0.780. The lowest BCUT2D eigenvalue weighted by atomic mass is 10.1. The van der Waals surface area contributed by atoms with Gasteiger partial charge in [-0.3, -0.25) is 4.90 Å². The van der Waals surface area contributed by atoms with Gasteiger partial charge in [0.15, 0.2) is 0 Å². The molecule has 1 aromatic carbocycles. The van der Waals surface area contributed by atoms with Crippen molar-refractivity contribution in [3.8, 4) is 5.75 Å². The highest BCUT2D eigenvalue weighted by Gasteiger charge is 2.32. The van der Waals surface area contributed by atoms with E-state index in [-0.39, 0.29) is 0 Å². The zero-order valence-electron chi connectivity index (χ0n) is 14.0. The van der Waals surface area contributed by atoms with E-state index >= 15 is 0 Å². The Morgan fingerprint density at radius 2 is 2.21 bits per heavy atom. The molecule has 1 saturated heterocycles. The molecule has 0 radical (unpaired) electrons. The van der Waals surface area contributed by atoms with Crippen LogP contribution in [0.25, 0.3) is 10.9 Å². The fraction of sp³-hybridized carbons (Fsp3) is 0.579. The number of benzene rings is 1. The van der Waals surface area contributed by atoms with Crippen LogP contribution in [0.4, 0.5) is 0 Å². The van der Waals surface area contributed by atoms with Crippen LogP contribution in [-0.4, -0.2) is 60.0 Å². The molecule has 24 heavy (non-hydrogen) atoms. The molecule has 0 amide bonds. The van der Waals surface area contributed by atoms with Crippen LogP contribution in [0.3, 0.4) is 0 Å². The highest BCUT2D eigenvalue weighted by Crippen LogP contribution is 2.29. The normalized spacial score (nSPS) is 22.3. The summed E-state index contributed by atoms with van der Waals surface area (Å²) in [5.41, 5.74) is 1.06. The number of ether oxygens (including phenoxy) is 2. The first kappa shape index (κ1) is 15.9. The fourth-order valence-electron chi connectivity index (χ4n) is 3.56. The van der Waals surface area contributed by atoms with Crippen LogP contribution >= 0.6 is 0 Å². The Kier molecular flexibility index (Phi) is 4.74. The SMILES string of the molecule is OC(COc1cccc2[nH]ccc12)CN(CC1CCOC1)C1CC1. The molecular weight excluding hydrogens is 304 g/mol. The number of rotatable bonds is 8. The number of hydrogen-bond acceptors (Lipinski definition) is 4. The van der Waals surface area contributed by atoms with Gasteiger partial charge in [0, 0.05) is 42.8 Å². The van der Waals surface area contributed by atoms with Gasteiger partial charge in [-0.2, -0.15) is 0 Å². The molecule has 2 heterocycles. The molecule has 4 rings (SSSR count). The Bertz CT molecular complexity index is 661. The third-order valence-electron chi connectivity index (χ3n) is 5.01. The number of nitrogens with zero attached hydrogens (tertiary/aromatic N) is 1. The van der Waals surface area contributed by atoms with Crippen molar-refractivity contribution < 1.29 is 14.6 Å². The number of hydrogen-bond donors (Lipinski definition) is 2. The van der Waals surface area contributed by atoms with Crippen molar-refractivity contribution in [3.63, 3.8) is 0 Å². The van der Waals surface area contributed by atoms with Gasteiger partial charge in [-0.15, -0.1) is 0 Å². The van der Waals surface area contributed by atoms with Gasteiger partial charge >= 0.3 is 0 Å². The van der Waals surface area contributed by atoms with Crippen molar-refractivity contribution in [2.75, 3.05) is 32.9 Å². The Balaban J connectivity index is 1.31. The Labute approximate surface area is 142 Å². The van der Waals surface area contributed by atoms with E-state index in [2.05, 4.69) is 9.88 Å². The van der Waals surface area contributed by atoms with Crippen LogP contribution in [0.1, 0.15) is 19.3 Å². The van der Waals surface area contributed by atoms with E-state index in [9.17, 15) is 5.11 Å². The molecule has 2 unspecified atom stereocenters. The zero-order valence-corrected chi connectivity index (χ0v) is 14.0. The third kappa shape index (κ3) is 3.74. The molecule has 0 bridgehead atoms. The summed E-state index contributed by atoms with van der Waals surface area (Å²) in [7, 11) is 0. The molecular formula is C19H26N2O3. The second kappa shape index (κ2) is 7.13. The summed E-state index contributed by atoms with van der Waals surface area (Å²) in [5.74, 6) is 1.45. The molecule has 2 atom stereocenters. The predicted molar refractivity (Wildman–Crippen MR) is 93.3 cm³/mol. The van der Waals surface area contributed by atoms with Crippen LogP contribution in [0, 0.1) is 5.92 Å². The van der Waals surface area contributed by atoms with Crippen LogP contribution in [0.15, 0.2) is 30.5 Å². The van der Waals surface area contributed by atoms with E-state index in [0.29, 0.717) is 25.1 Å². The number of nitrogens with one attached hydrogen (secondary N) is 1. The standard InChI is InChI=1S/C19H26N2O3/c22-16(11-21(15-4-5-15)10-14-7-9-23-12-14)13-24-19-3-1-2-18-17(19)6-8-20-18/h1-3,6,8,14-16,20,22H,4-5,7,9-13H2. The van der Waals surface area contributed by atoms with Crippen LogP contribution in [-0.2, 0) is 4.74 Å². The monoisotopic (exact) mass is 330 g/mol. The number of H-pyrrole nitrogens is 1. The lowest BCUT2D eigenvalue weighted by Gasteiger charge is -2.27. The molecule has 1 aromatic heterocycles. The Morgan fingerprint density at radius 3 is 3.00 bits per heavy atom. The van der Waals surface area contributed by atoms with Gasteiger partial charge in [-0.25, -0.2) is 0 Å². The number of aromatic amines is 1. The summed E-state index contributed by atoms with van der Waals surface area (Å²) < 4.78 is 11.4. The highest BCUT2D eigenvalue weighted by molar-refractivity contribution is 5.85. The average Bonchev–Trinajstić information content (AvgIpc) is 3.09. The molecule has 2 aromatic rings. The number of aliphatic hydroxyl groups is 1. The van der Waals surface area contributed by atoms with E-state index in [4.69, 9.17) is 9.47 Å². The maximum absolute atomic E-state index is 10.4. The molecule has 2 N–H and O–H groups in total. The van der Waals surface area contributed by atoms with Crippen molar-refractivity contribution in [1.29, 1.82) is 0 Å². The number of fused-ring (bicyclic) bond motifs is 1. The lowest BCUT2D eigenvalue weighted by molar-refractivity contribution is 0.0585. The summed E-state index contributed by atoms with van der Waals surface area (Å²) >= 11 is 0. The van der Waals surface area contributed by atoms with E-state index in [0.717, 1.165) is 42.8 Å². The first-order valence-corrected chi connectivity index (χ1v) is 8.98. The largest absolute Gasteiger partial charge is 0.490 e.